The van der Waals surface area contributed by atoms with E-state index in [9.17, 15) is 14.0 Å². The lowest BCUT2D eigenvalue weighted by Crippen LogP contribution is -2.34. The first-order valence-corrected chi connectivity index (χ1v) is 6.73. The molecule has 0 spiro atoms. The van der Waals surface area contributed by atoms with Crippen molar-refractivity contribution in [2.75, 3.05) is 7.11 Å². The molecule has 1 amide bonds. The van der Waals surface area contributed by atoms with Crippen molar-refractivity contribution in [3.05, 3.63) is 48.0 Å². The quantitative estimate of drug-likeness (QED) is 0.862. The molecule has 0 bridgehead atoms. The normalized spacial score (nSPS) is 11.8. The van der Waals surface area contributed by atoms with Crippen molar-refractivity contribution in [3.8, 4) is 11.3 Å². The number of carbonyl (C=O) groups excluding carboxylic acids is 2. The van der Waals surface area contributed by atoms with Crippen LogP contribution in [0.4, 0.5) is 4.39 Å². The zero-order valence-corrected chi connectivity index (χ0v) is 12.3. The Morgan fingerprint density at radius 3 is 2.68 bits per heavy atom. The van der Waals surface area contributed by atoms with Crippen molar-refractivity contribution < 1.29 is 23.1 Å². The van der Waals surface area contributed by atoms with E-state index in [0.717, 1.165) is 0 Å². The predicted octanol–water partition coefficient (Wildman–Crippen LogP) is 2.77. The maximum atomic E-state index is 13.7. The fourth-order valence-corrected chi connectivity index (χ4v) is 1.94. The number of rotatable bonds is 5. The highest BCUT2D eigenvalue weighted by Gasteiger charge is 2.17. The van der Waals surface area contributed by atoms with Gasteiger partial charge >= 0.3 is 5.97 Å². The van der Waals surface area contributed by atoms with Crippen LogP contribution in [-0.2, 0) is 9.53 Å². The van der Waals surface area contributed by atoms with E-state index in [-0.39, 0.29) is 23.5 Å². The Balaban J connectivity index is 2.07. The number of benzene rings is 1. The molecule has 0 aliphatic heterocycles. The molecule has 1 unspecified atom stereocenters. The Kier molecular flexibility index (Phi) is 4.93. The molecule has 0 radical (unpaired) electrons. The highest BCUT2D eigenvalue weighted by Crippen LogP contribution is 2.24. The average molecular weight is 305 g/mol. The summed E-state index contributed by atoms with van der Waals surface area (Å²) in [5, 5.41) is 2.61. The van der Waals surface area contributed by atoms with E-state index in [1.165, 1.54) is 25.3 Å². The number of carbonyl (C=O) groups is 2. The molecule has 1 heterocycles. The van der Waals surface area contributed by atoms with Crippen molar-refractivity contribution in [1.29, 1.82) is 0 Å². The van der Waals surface area contributed by atoms with Crippen molar-refractivity contribution in [3.63, 3.8) is 0 Å². The summed E-state index contributed by atoms with van der Waals surface area (Å²) in [5.74, 6) is -1.00. The van der Waals surface area contributed by atoms with E-state index in [2.05, 4.69) is 10.1 Å². The molecule has 116 valence electrons. The van der Waals surface area contributed by atoms with Gasteiger partial charge < -0.3 is 14.5 Å². The van der Waals surface area contributed by atoms with Crippen LogP contribution in [0.25, 0.3) is 11.3 Å². The first kappa shape index (κ1) is 15.8. The summed E-state index contributed by atoms with van der Waals surface area (Å²) >= 11 is 0. The number of esters is 1. The minimum absolute atomic E-state index is 0.0509. The fraction of sp³-hybridized carbons (Fsp3) is 0.250. The monoisotopic (exact) mass is 305 g/mol. The first-order valence-electron chi connectivity index (χ1n) is 6.73. The van der Waals surface area contributed by atoms with E-state index >= 15 is 0 Å². The highest BCUT2D eigenvalue weighted by molar-refractivity contribution is 5.92. The molecule has 0 saturated heterocycles. The molecule has 0 fully saturated rings. The van der Waals surface area contributed by atoms with Crippen LogP contribution < -0.4 is 5.32 Å². The van der Waals surface area contributed by atoms with Gasteiger partial charge in [-0.25, -0.2) is 4.39 Å². The van der Waals surface area contributed by atoms with E-state index in [4.69, 9.17) is 4.42 Å². The van der Waals surface area contributed by atoms with Crippen molar-refractivity contribution in [2.45, 2.75) is 19.4 Å². The number of ether oxygens (including phenoxy) is 1. The maximum Gasteiger partial charge on any atom is 0.307 e. The third kappa shape index (κ3) is 3.72. The zero-order chi connectivity index (χ0) is 16.1. The van der Waals surface area contributed by atoms with Crippen molar-refractivity contribution in [2.24, 2.45) is 0 Å². The van der Waals surface area contributed by atoms with Gasteiger partial charge in [0.15, 0.2) is 5.76 Å². The molecule has 5 nitrogen and oxygen atoms in total. The summed E-state index contributed by atoms with van der Waals surface area (Å²) in [5.41, 5.74) is 0.282. The van der Waals surface area contributed by atoms with Crippen LogP contribution in [0.2, 0.25) is 0 Å². The molecule has 0 aliphatic rings. The largest absolute Gasteiger partial charge is 0.469 e. The molecule has 0 saturated carbocycles. The van der Waals surface area contributed by atoms with Gasteiger partial charge in [-0.1, -0.05) is 12.1 Å². The van der Waals surface area contributed by atoms with Crippen molar-refractivity contribution >= 4 is 11.9 Å². The van der Waals surface area contributed by atoms with Crippen LogP contribution in [0.15, 0.2) is 40.8 Å². The van der Waals surface area contributed by atoms with Gasteiger partial charge in [-0.15, -0.1) is 0 Å². The number of nitrogens with one attached hydrogen (secondary N) is 1. The lowest BCUT2D eigenvalue weighted by atomic mass is 10.1. The lowest BCUT2D eigenvalue weighted by molar-refractivity contribution is -0.141. The molecule has 1 aromatic carbocycles. The second-order valence-corrected chi connectivity index (χ2v) is 4.80. The van der Waals surface area contributed by atoms with Gasteiger partial charge in [0.25, 0.3) is 5.91 Å². The fourth-order valence-electron chi connectivity index (χ4n) is 1.94. The third-order valence-electron chi connectivity index (χ3n) is 3.05. The number of amides is 1. The molecule has 6 heteroatoms. The van der Waals surface area contributed by atoms with E-state index in [0.29, 0.717) is 0 Å². The van der Waals surface area contributed by atoms with Crippen LogP contribution in [0.1, 0.15) is 23.9 Å². The van der Waals surface area contributed by atoms with Crippen LogP contribution in [-0.4, -0.2) is 25.0 Å². The highest BCUT2D eigenvalue weighted by atomic mass is 19.1. The second-order valence-electron chi connectivity index (χ2n) is 4.80. The molecule has 0 aliphatic carbocycles. The van der Waals surface area contributed by atoms with E-state index in [1.807, 2.05) is 0 Å². The minimum atomic E-state index is -0.473. The lowest BCUT2D eigenvalue weighted by Gasteiger charge is -2.11. The summed E-state index contributed by atoms with van der Waals surface area (Å²) in [7, 11) is 1.28. The van der Waals surface area contributed by atoms with Crippen molar-refractivity contribution in [1.82, 2.24) is 5.32 Å². The molecule has 2 rings (SSSR count). The Morgan fingerprint density at radius 1 is 1.27 bits per heavy atom. The average Bonchev–Trinajstić information content (AvgIpc) is 2.97. The Morgan fingerprint density at radius 2 is 2.00 bits per heavy atom. The summed E-state index contributed by atoms with van der Waals surface area (Å²) in [4.78, 5) is 23.1. The van der Waals surface area contributed by atoms with Crippen LogP contribution >= 0.6 is 0 Å². The summed E-state index contributed by atoms with van der Waals surface area (Å²) < 4.78 is 23.6. The van der Waals surface area contributed by atoms with Gasteiger partial charge in [-0.3, -0.25) is 9.59 Å². The Labute approximate surface area is 127 Å². The molecule has 22 heavy (non-hydrogen) atoms. The van der Waals surface area contributed by atoms with Gasteiger partial charge in [0.2, 0.25) is 0 Å². The predicted molar refractivity (Wildman–Crippen MR) is 77.7 cm³/mol. The topological polar surface area (TPSA) is 68.5 Å². The van der Waals surface area contributed by atoms with Crippen LogP contribution in [0.5, 0.6) is 0 Å². The molecular weight excluding hydrogens is 289 g/mol. The number of hydrogen-bond donors (Lipinski definition) is 1. The summed E-state index contributed by atoms with van der Waals surface area (Å²) in [6.07, 6.45) is 0.0586. The van der Waals surface area contributed by atoms with Gasteiger partial charge in [-0.2, -0.15) is 0 Å². The summed E-state index contributed by atoms with van der Waals surface area (Å²) in [6.45, 7) is 1.68. The van der Waals surface area contributed by atoms with E-state index < -0.39 is 23.7 Å². The van der Waals surface area contributed by atoms with Crippen LogP contribution in [0.3, 0.4) is 0 Å². The van der Waals surface area contributed by atoms with Crippen LogP contribution in [0, 0.1) is 5.82 Å². The third-order valence-corrected chi connectivity index (χ3v) is 3.05. The Hall–Kier alpha value is -2.63. The molecular formula is C16H16FNO4. The maximum absolute atomic E-state index is 13.7. The van der Waals surface area contributed by atoms with E-state index in [1.54, 1.807) is 25.1 Å². The molecule has 1 N–H and O–H groups in total. The van der Waals surface area contributed by atoms with Gasteiger partial charge in [0.05, 0.1) is 19.1 Å². The smallest absolute Gasteiger partial charge is 0.307 e. The first-order chi connectivity index (χ1) is 10.5. The minimum Gasteiger partial charge on any atom is -0.469 e. The second kappa shape index (κ2) is 6.89. The van der Waals surface area contributed by atoms with Gasteiger partial charge in [-0.05, 0) is 31.2 Å². The zero-order valence-electron chi connectivity index (χ0n) is 12.3. The standard InChI is InChI=1S/C16H16FNO4/c1-10(9-15(19)21-2)18-16(20)14-8-7-13(22-14)11-5-3-4-6-12(11)17/h3-8,10H,9H2,1-2H3,(H,18,20). The van der Waals surface area contributed by atoms with Gasteiger partial charge in [0.1, 0.15) is 11.6 Å². The summed E-state index contributed by atoms with van der Waals surface area (Å²) in [6, 6.07) is 8.72. The number of furan rings is 1. The number of methoxy groups -OCH3 is 1. The molecule has 1 atom stereocenters. The Bertz CT molecular complexity index is 680. The van der Waals surface area contributed by atoms with Gasteiger partial charge in [0, 0.05) is 6.04 Å². The SMILES string of the molecule is COC(=O)CC(C)NC(=O)c1ccc(-c2ccccc2F)o1. The number of halogens is 1. The molecule has 2 aromatic rings. The molecule has 1 aromatic heterocycles. The number of hydrogen-bond acceptors (Lipinski definition) is 4.